The van der Waals surface area contributed by atoms with Crippen molar-refractivity contribution < 1.29 is 13.2 Å². The van der Waals surface area contributed by atoms with Gasteiger partial charge in [0.1, 0.15) is 0 Å². The zero-order chi connectivity index (χ0) is 11.3. The van der Waals surface area contributed by atoms with Crippen molar-refractivity contribution in [3.05, 3.63) is 0 Å². The molecule has 0 aromatic rings. The van der Waals surface area contributed by atoms with Gasteiger partial charge in [-0.25, -0.2) is 8.42 Å². The summed E-state index contributed by atoms with van der Waals surface area (Å²) in [4.78, 5) is 0. The lowest BCUT2D eigenvalue weighted by molar-refractivity contribution is 0.199. The second-order valence-corrected chi connectivity index (χ2v) is 6.66. The first-order valence-electron chi connectivity index (χ1n) is 5.52. The molecule has 1 saturated carbocycles. The van der Waals surface area contributed by atoms with Gasteiger partial charge in [-0.15, -0.1) is 0 Å². The summed E-state index contributed by atoms with van der Waals surface area (Å²) < 4.78 is 28.6. The lowest BCUT2D eigenvalue weighted by Crippen LogP contribution is -2.36. The summed E-state index contributed by atoms with van der Waals surface area (Å²) in [6, 6.07) is 0.0703. The van der Waals surface area contributed by atoms with E-state index in [1.165, 1.54) is 0 Å². The van der Waals surface area contributed by atoms with Crippen LogP contribution in [-0.2, 0) is 14.6 Å². The van der Waals surface area contributed by atoms with E-state index < -0.39 is 9.84 Å². The van der Waals surface area contributed by atoms with E-state index in [0.29, 0.717) is 19.4 Å². The molecule has 1 fully saturated rings. The zero-order valence-corrected chi connectivity index (χ0v) is 10.1. The van der Waals surface area contributed by atoms with Gasteiger partial charge >= 0.3 is 0 Å². The van der Waals surface area contributed by atoms with Crippen molar-refractivity contribution >= 4 is 9.84 Å². The molecular formula is C10H21NO3S. The van der Waals surface area contributed by atoms with Crippen LogP contribution in [0.4, 0.5) is 0 Å². The maximum atomic E-state index is 11.9. The fraction of sp³-hybridized carbons (Fsp3) is 1.00. The lowest BCUT2D eigenvalue weighted by Gasteiger charge is -2.26. The van der Waals surface area contributed by atoms with Crippen LogP contribution < -0.4 is 5.73 Å². The van der Waals surface area contributed by atoms with Gasteiger partial charge in [0.2, 0.25) is 0 Å². The molecule has 0 aliphatic heterocycles. The minimum absolute atomic E-state index is 0.0703. The summed E-state index contributed by atoms with van der Waals surface area (Å²) in [6.45, 7) is 0.512. The van der Waals surface area contributed by atoms with E-state index in [4.69, 9.17) is 10.5 Å². The Bertz CT molecular complexity index is 276. The molecule has 1 rings (SSSR count). The molecule has 0 radical (unpaired) electrons. The topological polar surface area (TPSA) is 69.4 Å². The predicted octanol–water partition coefficient (Wildman–Crippen LogP) is 0.708. The molecule has 4 nitrogen and oxygen atoms in total. The van der Waals surface area contributed by atoms with E-state index in [1.807, 2.05) is 0 Å². The van der Waals surface area contributed by atoms with Crippen LogP contribution in [0.25, 0.3) is 0 Å². The summed E-state index contributed by atoms with van der Waals surface area (Å²) in [7, 11) is -1.36. The average Bonchev–Trinajstić information content (AvgIpc) is 2.18. The van der Waals surface area contributed by atoms with Crippen LogP contribution in [0.3, 0.4) is 0 Å². The molecule has 0 aromatic carbocycles. The lowest BCUT2D eigenvalue weighted by atomic mass is 9.96. The smallest absolute Gasteiger partial charge is 0.153 e. The molecular weight excluding hydrogens is 214 g/mol. The minimum Gasteiger partial charge on any atom is -0.385 e. The van der Waals surface area contributed by atoms with Gasteiger partial charge in [0.15, 0.2) is 9.84 Å². The molecule has 90 valence electrons. The molecule has 0 saturated heterocycles. The van der Waals surface area contributed by atoms with Crippen LogP contribution in [0.15, 0.2) is 0 Å². The Kier molecular flexibility index (Phi) is 5.02. The first-order valence-corrected chi connectivity index (χ1v) is 7.24. The predicted molar refractivity (Wildman–Crippen MR) is 60.5 cm³/mol. The van der Waals surface area contributed by atoms with Crippen molar-refractivity contribution in [1.82, 2.24) is 0 Å². The Morgan fingerprint density at radius 2 is 2.13 bits per heavy atom. The van der Waals surface area contributed by atoms with Gasteiger partial charge in [-0.05, 0) is 25.7 Å². The minimum atomic E-state index is -2.95. The third-order valence-corrected chi connectivity index (χ3v) is 5.25. The largest absolute Gasteiger partial charge is 0.385 e. The summed E-state index contributed by atoms with van der Waals surface area (Å²) in [5.41, 5.74) is 5.79. The van der Waals surface area contributed by atoms with Gasteiger partial charge in [0, 0.05) is 19.8 Å². The summed E-state index contributed by atoms with van der Waals surface area (Å²) in [5, 5.41) is -0.210. The molecule has 0 aromatic heterocycles. The molecule has 0 spiro atoms. The molecule has 0 bridgehead atoms. The van der Waals surface area contributed by atoms with E-state index >= 15 is 0 Å². The highest BCUT2D eigenvalue weighted by Crippen LogP contribution is 2.24. The number of hydrogen-bond acceptors (Lipinski definition) is 4. The summed E-state index contributed by atoms with van der Waals surface area (Å²) >= 11 is 0. The van der Waals surface area contributed by atoms with E-state index in [-0.39, 0.29) is 17.0 Å². The second-order valence-electron chi connectivity index (χ2n) is 4.26. The van der Waals surface area contributed by atoms with Crippen molar-refractivity contribution in [2.24, 2.45) is 5.73 Å². The molecule has 2 N–H and O–H groups in total. The fourth-order valence-electron chi connectivity index (χ4n) is 2.08. The monoisotopic (exact) mass is 235 g/mol. The van der Waals surface area contributed by atoms with Crippen molar-refractivity contribution in [1.29, 1.82) is 0 Å². The van der Waals surface area contributed by atoms with Gasteiger partial charge in [0.25, 0.3) is 0 Å². The first-order chi connectivity index (χ1) is 7.06. The quantitative estimate of drug-likeness (QED) is 0.712. The van der Waals surface area contributed by atoms with Crippen LogP contribution >= 0.6 is 0 Å². The van der Waals surface area contributed by atoms with Crippen molar-refractivity contribution in [2.45, 2.75) is 43.4 Å². The number of nitrogens with two attached hydrogens (primary N) is 1. The van der Waals surface area contributed by atoms with Crippen molar-refractivity contribution in [3.63, 3.8) is 0 Å². The summed E-state index contributed by atoms with van der Waals surface area (Å²) in [6.07, 6.45) is 3.91. The molecule has 2 atom stereocenters. The van der Waals surface area contributed by atoms with Crippen LogP contribution in [0.5, 0.6) is 0 Å². The zero-order valence-electron chi connectivity index (χ0n) is 9.31. The Morgan fingerprint density at radius 1 is 1.40 bits per heavy atom. The van der Waals surface area contributed by atoms with E-state index in [2.05, 4.69) is 0 Å². The molecule has 0 heterocycles. The third-order valence-electron chi connectivity index (χ3n) is 2.95. The molecule has 1 aliphatic carbocycles. The summed E-state index contributed by atoms with van der Waals surface area (Å²) in [5.74, 6) is 0.234. The van der Waals surface area contributed by atoms with Gasteiger partial charge in [-0.2, -0.15) is 0 Å². The maximum absolute atomic E-state index is 11.9. The number of methoxy groups -OCH3 is 1. The molecule has 0 amide bonds. The Morgan fingerprint density at radius 3 is 2.73 bits per heavy atom. The molecule has 15 heavy (non-hydrogen) atoms. The maximum Gasteiger partial charge on any atom is 0.153 e. The van der Waals surface area contributed by atoms with Gasteiger partial charge in [0.05, 0.1) is 11.0 Å². The average molecular weight is 235 g/mol. The highest BCUT2D eigenvalue weighted by atomic mass is 32.2. The second kappa shape index (κ2) is 5.82. The van der Waals surface area contributed by atoms with Crippen LogP contribution in [0.2, 0.25) is 0 Å². The fourth-order valence-corrected chi connectivity index (χ4v) is 4.00. The van der Waals surface area contributed by atoms with Gasteiger partial charge in [-0.1, -0.05) is 6.42 Å². The van der Waals surface area contributed by atoms with E-state index in [9.17, 15) is 8.42 Å². The van der Waals surface area contributed by atoms with Crippen LogP contribution in [0.1, 0.15) is 32.1 Å². The Labute approximate surface area is 92.1 Å². The normalized spacial score (nSPS) is 27.9. The third kappa shape index (κ3) is 4.09. The van der Waals surface area contributed by atoms with Crippen LogP contribution in [-0.4, -0.2) is 39.2 Å². The molecule has 2 unspecified atom stereocenters. The SMILES string of the molecule is COCCCS(=O)(=O)C1CCCC(N)C1. The highest BCUT2D eigenvalue weighted by Gasteiger charge is 2.29. The van der Waals surface area contributed by atoms with Crippen LogP contribution in [0, 0.1) is 0 Å². The Balaban J connectivity index is 2.45. The van der Waals surface area contributed by atoms with Crippen molar-refractivity contribution in [2.75, 3.05) is 19.5 Å². The molecule has 1 aliphatic rings. The number of rotatable bonds is 5. The van der Waals surface area contributed by atoms with E-state index in [1.54, 1.807) is 7.11 Å². The first kappa shape index (κ1) is 12.9. The number of sulfone groups is 1. The van der Waals surface area contributed by atoms with Gasteiger partial charge < -0.3 is 10.5 Å². The van der Waals surface area contributed by atoms with Gasteiger partial charge in [-0.3, -0.25) is 0 Å². The highest BCUT2D eigenvalue weighted by molar-refractivity contribution is 7.92. The van der Waals surface area contributed by atoms with E-state index in [0.717, 1.165) is 19.3 Å². The number of ether oxygens (including phenoxy) is 1. The Hall–Kier alpha value is -0.130. The number of hydrogen-bond donors (Lipinski definition) is 1. The standard InChI is InChI=1S/C10H21NO3S/c1-14-6-3-7-15(12,13)10-5-2-4-9(11)8-10/h9-10H,2-8,11H2,1H3. The molecule has 5 heteroatoms. The van der Waals surface area contributed by atoms with Crippen molar-refractivity contribution in [3.8, 4) is 0 Å².